The lowest BCUT2D eigenvalue weighted by Gasteiger charge is -2.45. The lowest BCUT2D eigenvalue weighted by Crippen LogP contribution is -2.65. The molecule has 0 saturated heterocycles. The largest absolute Gasteiger partial charge is 0.480 e. The Morgan fingerprint density at radius 3 is 2.60 bits per heavy atom. The average molecular weight is 215 g/mol. The highest BCUT2D eigenvalue weighted by molar-refractivity contribution is 5.80. The Morgan fingerprint density at radius 2 is 2.20 bits per heavy atom. The number of carbonyl (C=O) groups is 1. The van der Waals surface area contributed by atoms with E-state index in [4.69, 9.17) is 4.74 Å². The maximum atomic E-state index is 11.2. The van der Waals surface area contributed by atoms with E-state index in [-0.39, 0.29) is 12.1 Å². The van der Waals surface area contributed by atoms with Gasteiger partial charge >= 0.3 is 5.97 Å². The first-order chi connectivity index (χ1) is 7.04. The molecule has 0 aromatic carbocycles. The first-order valence-electron chi connectivity index (χ1n) is 5.66. The van der Waals surface area contributed by atoms with Crippen LogP contribution in [0.25, 0.3) is 0 Å². The monoisotopic (exact) mass is 215 g/mol. The molecule has 2 N–H and O–H groups in total. The van der Waals surface area contributed by atoms with Crippen LogP contribution in [0.2, 0.25) is 0 Å². The molecule has 0 aliphatic heterocycles. The van der Waals surface area contributed by atoms with Crippen molar-refractivity contribution in [3.05, 3.63) is 0 Å². The molecule has 0 radical (unpaired) electrons. The van der Waals surface area contributed by atoms with Crippen molar-refractivity contribution < 1.29 is 14.6 Å². The number of ether oxygens (including phenoxy) is 1. The Hall–Kier alpha value is -0.610. The highest BCUT2D eigenvalue weighted by Crippen LogP contribution is 2.35. The third kappa shape index (κ3) is 2.69. The van der Waals surface area contributed by atoms with E-state index in [0.29, 0.717) is 19.4 Å². The van der Waals surface area contributed by atoms with Gasteiger partial charge in [-0.25, -0.2) is 0 Å². The van der Waals surface area contributed by atoms with Gasteiger partial charge in [0.2, 0.25) is 0 Å². The topological polar surface area (TPSA) is 58.6 Å². The van der Waals surface area contributed by atoms with Crippen LogP contribution in [0.1, 0.15) is 40.0 Å². The van der Waals surface area contributed by atoms with E-state index in [0.717, 1.165) is 6.42 Å². The predicted octanol–water partition coefficient (Wildman–Crippen LogP) is 1.40. The third-order valence-electron chi connectivity index (χ3n) is 3.10. The van der Waals surface area contributed by atoms with Gasteiger partial charge in [0, 0.05) is 25.5 Å². The summed E-state index contributed by atoms with van der Waals surface area (Å²) in [5.74, 6) is -0.751. The van der Waals surface area contributed by atoms with Crippen molar-refractivity contribution in [3.8, 4) is 0 Å². The lowest BCUT2D eigenvalue weighted by molar-refractivity contribution is -0.158. The van der Waals surface area contributed by atoms with E-state index >= 15 is 0 Å². The van der Waals surface area contributed by atoms with Gasteiger partial charge in [-0.1, -0.05) is 6.92 Å². The van der Waals surface area contributed by atoms with Gasteiger partial charge in [-0.3, -0.25) is 10.1 Å². The summed E-state index contributed by atoms with van der Waals surface area (Å²) in [4.78, 5) is 11.2. The number of nitrogens with one attached hydrogen (secondary N) is 1. The summed E-state index contributed by atoms with van der Waals surface area (Å²) in [6, 6.07) is 0.240. The Balaban J connectivity index is 2.50. The molecule has 0 spiro atoms. The standard InChI is InChI=1S/C11H21NO3/c1-4-8(3)12-11(10(13)14)6-9(7-11)15-5-2/h8-9,12H,4-7H2,1-3H3,(H,13,14). The fourth-order valence-corrected chi connectivity index (χ4v) is 2.00. The van der Waals surface area contributed by atoms with E-state index in [1.807, 2.05) is 20.8 Å². The second-order valence-electron chi connectivity index (χ2n) is 4.33. The van der Waals surface area contributed by atoms with Gasteiger partial charge in [-0.05, 0) is 20.3 Å². The molecule has 1 saturated carbocycles. The second kappa shape index (κ2) is 4.94. The molecule has 0 bridgehead atoms. The number of hydrogen-bond acceptors (Lipinski definition) is 3. The molecule has 1 unspecified atom stereocenters. The summed E-state index contributed by atoms with van der Waals surface area (Å²) in [7, 11) is 0. The van der Waals surface area contributed by atoms with Gasteiger partial charge in [0.1, 0.15) is 5.54 Å². The van der Waals surface area contributed by atoms with Crippen molar-refractivity contribution in [1.29, 1.82) is 0 Å². The summed E-state index contributed by atoms with van der Waals surface area (Å²) in [6.45, 7) is 6.65. The normalized spacial score (nSPS) is 32.1. The molecule has 1 aliphatic rings. The molecule has 1 fully saturated rings. The summed E-state index contributed by atoms with van der Waals surface area (Å²) >= 11 is 0. The van der Waals surface area contributed by atoms with Crippen LogP contribution in [0, 0.1) is 0 Å². The fourth-order valence-electron chi connectivity index (χ4n) is 2.00. The minimum absolute atomic E-state index is 0.114. The molecule has 1 rings (SSSR count). The van der Waals surface area contributed by atoms with Crippen molar-refractivity contribution in [3.63, 3.8) is 0 Å². The zero-order chi connectivity index (χ0) is 11.5. The summed E-state index contributed by atoms with van der Waals surface area (Å²) < 4.78 is 5.40. The average Bonchev–Trinajstić information content (AvgIpc) is 2.13. The highest BCUT2D eigenvalue weighted by Gasteiger charge is 2.51. The molecule has 15 heavy (non-hydrogen) atoms. The van der Waals surface area contributed by atoms with Crippen LogP contribution in [0.3, 0.4) is 0 Å². The first kappa shape index (κ1) is 12.5. The second-order valence-corrected chi connectivity index (χ2v) is 4.33. The summed E-state index contributed by atoms with van der Waals surface area (Å²) in [6.07, 6.45) is 2.22. The number of aliphatic carboxylic acids is 1. The molecule has 0 aromatic heterocycles. The van der Waals surface area contributed by atoms with Gasteiger partial charge < -0.3 is 9.84 Å². The minimum atomic E-state index is -0.751. The highest BCUT2D eigenvalue weighted by atomic mass is 16.5. The molecular weight excluding hydrogens is 194 g/mol. The summed E-state index contributed by atoms with van der Waals surface area (Å²) in [5.41, 5.74) is -0.741. The van der Waals surface area contributed by atoms with E-state index in [1.54, 1.807) is 0 Å². The number of hydrogen-bond donors (Lipinski definition) is 2. The molecule has 0 amide bonds. The Labute approximate surface area is 91.0 Å². The molecule has 4 nitrogen and oxygen atoms in total. The zero-order valence-corrected chi connectivity index (χ0v) is 9.75. The van der Waals surface area contributed by atoms with Crippen LogP contribution in [0.5, 0.6) is 0 Å². The van der Waals surface area contributed by atoms with Crippen molar-refractivity contribution in [2.24, 2.45) is 0 Å². The van der Waals surface area contributed by atoms with Crippen LogP contribution < -0.4 is 5.32 Å². The number of carboxylic acid groups (broad SMARTS) is 1. The molecule has 1 atom stereocenters. The van der Waals surface area contributed by atoms with Crippen LogP contribution in [-0.2, 0) is 9.53 Å². The van der Waals surface area contributed by atoms with Crippen molar-refractivity contribution >= 4 is 5.97 Å². The van der Waals surface area contributed by atoms with Gasteiger partial charge in [0.15, 0.2) is 0 Å². The van der Waals surface area contributed by atoms with Crippen LogP contribution in [0.4, 0.5) is 0 Å². The molecule has 4 heteroatoms. The molecule has 0 heterocycles. The van der Waals surface area contributed by atoms with E-state index in [1.165, 1.54) is 0 Å². The van der Waals surface area contributed by atoms with E-state index in [9.17, 15) is 9.90 Å². The lowest BCUT2D eigenvalue weighted by atomic mass is 9.73. The third-order valence-corrected chi connectivity index (χ3v) is 3.10. The molecule has 0 aromatic rings. The van der Waals surface area contributed by atoms with Crippen LogP contribution >= 0.6 is 0 Å². The Bertz CT molecular complexity index is 224. The maximum absolute atomic E-state index is 11.2. The zero-order valence-electron chi connectivity index (χ0n) is 9.75. The first-order valence-corrected chi connectivity index (χ1v) is 5.66. The van der Waals surface area contributed by atoms with Crippen molar-refractivity contribution in [1.82, 2.24) is 5.32 Å². The smallest absolute Gasteiger partial charge is 0.324 e. The predicted molar refractivity (Wildman–Crippen MR) is 57.9 cm³/mol. The van der Waals surface area contributed by atoms with Crippen LogP contribution in [0.15, 0.2) is 0 Å². The number of carboxylic acids is 1. The molecule has 1 aliphatic carbocycles. The van der Waals surface area contributed by atoms with Gasteiger partial charge in [0.25, 0.3) is 0 Å². The van der Waals surface area contributed by atoms with Gasteiger partial charge in [0.05, 0.1) is 6.10 Å². The van der Waals surface area contributed by atoms with Gasteiger partial charge in [-0.2, -0.15) is 0 Å². The fraction of sp³-hybridized carbons (Fsp3) is 0.909. The summed E-state index contributed by atoms with van der Waals surface area (Å²) in [5, 5.41) is 12.4. The van der Waals surface area contributed by atoms with Crippen LogP contribution in [-0.4, -0.2) is 35.4 Å². The number of rotatable bonds is 6. The Kier molecular flexibility index (Phi) is 4.11. The van der Waals surface area contributed by atoms with Crippen molar-refractivity contribution in [2.75, 3.05) is 6.61 Å². The SMILES string of the molecule is CCOC1CC(NC(C)CC)(C(=O)O)C1. The van der Waals surface area contributed by atoms with Crippen molar-refractivity contribution in [2.45, 2.75) is 57.7 Å². The van der Waals surface area contributed by atoms with E-state index in [2.05, 4.69) is 5.32 Å². The Morgan fingerprint density at radius 1 is 1.60 bits per heavy atom. The quantitative estimate of drug-likeness (QED) is 0.703. The molecular formula is C11H21NO3. The van der Waals surface area contributed by atoms with Gasteiger partial charge in [-0.15, -0.1) is 0 Å². The molecule has 88 valence electrons. The van der Waals surface area contributed by atoms with E-state index < -0.39 is 11.5 Å². The maximum Gasteiger partial charge on any atom is 0.324 e. The minimum Gasteiger partial charge on any atom is -0.480 e.